The fraction of sp³-hybridized carbons (Fsp3) is 0.556. The van der Waals surface area contributed by atoms with Crippen LogP contribution in [0.4, 0.5) is 4.79 Å². The van der Waals surface area contributed by atoms with Gasteiger partial charge >= 0.3 is 6.03 Å². The molecule has 3 amide bonds. The maximum atomic E-state index is 12.1. The average Bonchev–Trinajstić information content (AvgIpc) is 2.55. The number of carbonyl (C=O) groups is 2. The molecule has 0 fully saturated rings. The van der Waals surface area contributed by atoms with Crippen molar-refractivity contribution in [1.82, 2.24) is 16.0 Å². The molecular weight excluding hydrogens is 290 g/mol. The lowest BCUT2D eigenvalue weighted by Crippen LogP contribution is -2.39. The fourth-order valence-electron chi connectivity index (χ4n) is 2.90. The van der Waals surface area contributed by atoms with Crippen molar-refractivity contribution in [3.05, 3.63) is 35.4 Å². The zero-order valence-electron chi connectivity index (χ0n) is 13.9. The van der Waals surface area contributed by atoms with Crippen molar-refractivity contribution < 1.29 is 9.59 Å². The minimum absolute atomic E-state index is 0.0134. The SMILES string of the molecule is CCCCNC(=O)NCCC(=O)NC1CCCc2ccccc21. The molecule has 1 aliphatic carbocycles. The van der Waals surface area contributed by atoms with Gasteiger partial charge in [0.1, 0.15) is 0 Å². The normalized spacial score (nSPS) is 16.3. The highest BCUT2D eigenvalue weighted by Gasteiger charge is 2.21. The number of aryl methyl sites for hydroxylation is 1. The van der Waals surface area contributed by atoms with Gasteiger partial charge in [0.15, 0.2) is 0 Å². The number of benzene rings is 1. The molecule has 1 atom stereocenters. The summed E-state index contributed by atoms with van der Waals surface area (Å²) in [5.41, 5.74) is 2.56. The molecular formula is C18H27N3O2. The van der Waals surface area contributed by atoms with Gasteiger partial charge in [0.2, 0.25) is 5.91 Å². The maximum Gasteiger partial charge on any atom is 0.314 e. The van der Waals surface area contributed by atoms with Gasteiger partial charge in [0.05, 0.1) is 6.04 Å². The summed E-state index contributed by atoms with van der Waals surface area (Å²) in [5.74, 6) is -0.0134. The van der Waals surface area contributed by atoms with Crippen molar-refractivity contribution in [2.75, 3.05) is 13.1 Å². The Morgan fingerprint density at radius 2 is 1.96 bits per heavy atom. The minimum Gasteiger partial charge on any atom is -0.349 e. The largest absolute Gasteiger partial charge is 0.349 e. The monoisotopic (exact) mass is 317 g/mol. The molecule has 0 spiro atoms. The van der Waals surface area contributed by atoms with Crippen LogP contribution in [0.15, 0.2) is 24.3 Å². The molecule has 2 rings (SSSR count). The van der Waals surface area contributed by atoms with Gasteiger partial charge in [-0.2, -0.15) is 0 Å². The molecule has 0 bridgehead atoms. The fourth-order valence-corrected chi connectivity index (χ4v) is 2.90. The first-order chi connectivity index (χ1) is 11.2. The third-order valence-electron chi connectivity index (χ3n) is 4.16. The summed E-state index contributed by atoms with van der Waals surface area (Å²) in [7, 11) is 0. The van der Waals surface area contributed by atoms with Crippen LogP contribution in [0, 0.1) is 0 Å². The van der Waals surface area contributed by atoms with Crippen LogP contribution in [0.5, 0.6) is 0 Å². The average molecular weight is 317 g/mol. The van der Waals surface area contributed by atoms with Crippen LogP contribution in [0.25, 0.3) is 0 Å². The van der Waals surface area contributed by atoms with Crippen LogP contribution in [0.2, 0.25) is 0 Å². The Kier molecular flexibility index (Phi) is 6.91. The standard InChI is InChI=1S/C18H27N3O2/c1-2-3-12-19-18(23)20-13-11-17(22)21-16-10-6-8-14-7-4-5-9-15(14)16/h4-5,7,9,16H,2-3,6,8,10-13H2,1H3,(H,21,22)(H2,19,20,23). The number of rotatable bonds is 7. The summed E-state index contributed by atoms with van der Waals surface area (Å²) in [6, 6.07) is 8.20. The highest BCUT2D eigenvalue weighted by Crippen LogP contribution is 2.29. The van der Waals surface area contributed by atoms with Crippen LogP contribution in [0.1, 0.15) is 56.2 Å². The molecule has 0 heterocycles. The number of unbranched alkanes of at least 4 members (excludes halogenated alkanes) is 1. The summed E-state index contributed by atoms with van der Waals surface area (Å²) in [6.45, 7) is 3.11. The summed E-state index contributed by atoms with van der Waals surface area (Å²) >= 11 is 0. The Bertz CT molecular complexity index is 531. The quantitative estimate of drug-likeness (QED) is 0.677. The Balaban J connectivity index is 1.71. The van der Waals surface area contributed by atoms with E-state index in [1.54, 1.807) is 0 Å². The molecule has 1 aromatic rings. The van der Waals surface area contributed by atoms with Crippen LogP contribution in [0.3, 0.4) is 0 Å². The van der Waals surface area contributed by atoms with Gasteiger partial charge in [0.25, 0.3) is 0 Å². The molecule has 5 nitrogen and oxygen atoms in total. The number of nitrogens with one attached hydrogen (secondary N) is 3. The van der Waals surface area contributed by atoms with Crippen LogP contribution in [-0.4, -0.2) is 25.0 Å². The molecule has 23 heavy (non-hydrogen) atoms. The van der Waals surface area contributed by atoms with E-state index < -0.39 is 0 Å². The van der Waals surface area contributed by atoms with Crippen molar-refractivity contribution in [3.8, 4) is 0 Å². The van der Waals surface area contributed by atoms with E-state index in [-0.39, 0.29) is 18.0 Å². The molecule has 0 saturated carbocycles. The van der Waals surface area contributed by atoms with Gasteiger partial charge in [-0.3, -0.25) is 4.79 Å². The summed E-state index contributed by atoms with van der Waals surface area (Å²) in [6.07, 6.45) is 5.48. The molecule has 0 saturated heterocycles. The second-order valence-electron chi connectivity index (χ2n) is 6.00. The molecule has 1 aliphatic rings. The Hall–Kier alpha value is -2.04. The van der Waals surface area contributed by atoms with Crippen molar-refractivity contribution in [1.29, 1.82) is 0 Å². The number of hydrogen-bond donors (Lipinski definition) is 3. The smallest absolute Gasteiger partial charge is 0.314 e. The molecule has 126 valence electrons. The predicted octanol–water partition coefficient (Wildman–Crippen LogP) is 2.67. The first-order valence-electron chi connectivity index (χ1n) is 8.59. The van der Waals surface area contributed by atoms with E-state index in [0.29, 0.717) is 19.5 Å². The second kappa shape index (κ2) is 9.18. The zero-order valence-corrected chi connectivity index (χ0v) is 13.9. The van der Waals surface area contributed by atoms with Crippen molar-refractivity contribution in [3.63, 3.8) is 0 Å². The van der Waals surface area contributed by atoms with Crippen LogP contribution >= 0.6 is 0 Å². The molecule has 0 aromatic heterocycles. The molecule has 0 radical (unpaired) electrons. The molecule has 1 unspecified atom stereocenters. The van der Waals surface area contributed by atoms with E-state index in [1.165, 1.54) is 11.1 Å². The van der Waals surface area contributed by atoms with Gasteiger partial charge in [-0.15, -0.1) is 0 Å². The second-order valence-corrected chi connectivity index (χ2v) is 6.00. The van der Waals surface area contributed by atoms with E-state index >= 15 is 0 Å². The van der Waals surface area contributed by atoms with Gasteiger partial charge in [-0.1, -0.05) is 37.6 Å². The number of hydrogen-bond acceptors (Lipinski definition) is 2. The van der Waals surface area contributed by atoms with E-state index in [9.17, 15) is 9.59 Å². The Labute approximate surface area is 138 Å². The van der Waals surface area contributed by atoms with E-state index in [4.69, 9.17) is 0 Å². The van der Waals surface area contributed by atoms with E-state index in [0.717, 1.165) is 32.1 Å². The maximum absolute atomic E-state index is 12.1. The third kappa shape index (κ3) is 5.58. The van der Waals surface area contributed by atoms with Crippen molar-refractivity contribution in [2.24, 2.45) is 0 Å². The first kappa shape index (κ1) is 17.3. The lowest BCUT2D eigenvalue weighted by atomic mass is 9.88. The number of fused-ring (bicyclic) bond motifs is 1. The summed E-state index contributed by atoms with van der Waals surface area (Å²) in [5, 5.41) is 8.58. The summed E-state index contributed by atoms with van der Waals surface area (Å²) < 4.78 is 0. The van der Waals surface area contributed by atoms with Gasteiger partial charge in [-0.05, 0) is 36.8 Å². The van der Waals surface area contributed by atoms with Gasteiger partial charge in [-0.25, -0.2) is 4.79 Å². The molecule has 5 heteroatoms. The van der Waals surface area contributed by atoms with E-state index in [1.807, 2.05) is 12.1 Å². The number of amides is 3. The summed E-state index contributed by atoms with van der Waals surface area (Å²) in [4.78, 5) is 23.6. The van der Waals surface area contributed by atoms with Crippen LogP contribution in [-0.2, 0) is 11.2 Å². The molecule has 0 aliphatic heterocycles. The lowest BCUT2D eigenvalue weighted by molar-refractivity contribution is -0.121. The van der Waals surface area contributed by atoms with Crippen LogP contribution < -0.4 is 16.0 Å². The van der Waals surface area contributed by atoms with Crippen molar-refractivity contribution >= 4 is 11.9 Å². The topological polar surface area (TPSA) is 70.2 Å². The Morgan fingerprint density at radius 3 is 2.78 bits per heavy atom. The lowest BCUT2D eigenvalue weighted by Gasteiger charge is -2.26. The molecule has 3 N–H and O–H groups in total. The van der Waals surface area contributed by atoms with Gasteiger partial charge < -0.3 is 16.0 Å². The van der Waals surface area contributed by atoms with Gasteiger partial charge in [0, 0.05) is 19.5 Å². The Morgan fingerprint density at radius 1 is 1.17 bits per heavy atom. The number of carbonyl (C=O) groups excluding carboxylic acids is 2. The minimum atomic E-state index is -0.200. The number of urea groups is 1. The van der Waals surface area contributed by atoms with E-state index in [2.05, 4.69) is 35.0 Å². The first-order valence-corrected chi connectivity index (χ1v) is 8.59. The predicted molar refractivity (Wildman–Crippen MR) is 91.2 cm³/mol. The highest BCUT2D eigenvalue weighted by atomic mass is 16.2. The third-order valence-corrected chi connectivity index (χ3v) is 4.16. The highest BCUT2D eigenvalue weighted by molar-refractivity contribution is 5.78. The zero-order chi connectivity index (χ0) is 16.5. The molecule has 1 aromatic carbocycles. The van der Waals surface area contributed by atoms with Crippen molar-refractivity contribution in [2.45, 2.75) is 51.5 Å².